The van der Waals surface area contributed by atoms with E-state index >= 15 is 0 Å². The van der Waals surface area contributed by atoms with Crippen molar-refractivity contribution in [2.75, 3.05) is 5.32 Å². The van der Waals surface area contributed by atoms with Crippen LogP contribution < -0.4 is 5.32 Å². The van der Waals surface area contributed by atoms with Gasteiger partial charge in [0, 0.05) is 11.6 Å². The standard InChI is InChI=1S/C13H12N2O2.C2H6/c1-8-4-10-13-9(6-12(17)14-10)7-15(2-3-16)11(13)5-8;1-2/h3-5,7H,2,6H2,1H3,(H,14,17);1-2H3. The molecular weight excluding hydrogens is 240 g/mol. The van der Waals surface area contributed by atoms with Gasteiger partial charge in [-0.3, -0.25) is 4.79 Å². The summed E-state index contributed by atoms with van der Waals surface area (Å²) in [5.74, 6) is 0.00764. The van der Waals surface area contributed by atoms with E-state index in [9.17, 15) is 9.59 Å². The molecule has 1 aromatic carbocycles. The smallest absolute Gasteiger partial charge is 0.228 e. The molecule has 4 heteroatoms. The van der Waals surface area contributed by atoms with E-state index in [1.165, 1.54) is 0 Å². The zero-order valence-electron chi connectivity index (χ0n) is 11.5. The van der Waals surface area contributed by atoms with Gasteiger partial charge in [0.1, 0.15) is 6.29 Å². The van der Waals surface area contributed by atoms with Crippen LogP contribution in [0.2, 0.25) is 0 Å². The Balaban J connectivity index is 0.000000637. The number of aromatic nitrogens is 1. The van der Waals surface area contributed by atoms with Crippen LogP contribution >= 0.6 is 0 Å². The molecule has 0 radical (unpaired) electrons. The van der Waals surface area contributed by atoms with Crippen LogP contribution in [0.5, 0.6) is 0 Å². The lowest BCUT2D eigenvalue weighted by molar-refractivity contribution is -0.115. The minimum absolute atomic E-state index is 0.00764. The molecule has 0 atom stereocenters. The number of aldehydes is 1. The fraction of sp³-hybridized carbons (Fsp3) is 0.333. The van der Waals surface area contributed by atoms with Crippen molar-refractivity contribution < 1.29 is 9.59 Å². The normalized spacial score (nSPS) is 12.7. The fourth-order valence-corrected chi connectivity index (χ4v) is 2.48. The van der Waals surface area contributed by atoms with Gasteiger partial charge in [-0.05, 0) is 30.2 Å². The van der Waals surface area contributed by atoms with Gasteiger partial charge in [-0.15, -0.1) is 0 Å². The highest BCUT2D eigenvalue weighted by Crippen LogP contribution is 2.33. The van der Waals surface area contributed by atoms with E-state index in [0.717, 1.165) is 34.0 Å². The summed E-state index contributed by atoms with van der Waals surface area (Å²) in [5, 5.41) is 3.95. The average molecular weight is 258 g/mol. The maximum absolute atomic E-state index is 11.6. The van der Waals surface area contributed by atoms with Crippen LogP contribution in [0.25, 0.3) is 10.9 Å². The largest absolute Gasteiger partial charge is 0.340 e. The van der Waals surface area contributed by atoms with Gasteiger partial charge < -0.3 is 14.7 Å². The summed E-state index contributed by atoms with van der Waals surface area (Å²) in [6.07, 6.45) is 3.16. The second kappa shape index (κ2) is 5.26. The van der Waals surface area contributed by atoms with Crippen LogP contribution in [0.4, 0.5) is 5.69 Å². The summed E-state index contributed by atoms with van der Waals surface area (Å²) in [7, 11) is 0. The summed E-state index contributed by atoms with van der Waals surface area (Å²) in [6, 6.07) is 4.01. The third-order valence-electron chi connectivity index (χ3n) is 3.10. The molecule has 0 saturated carbocycles. The van der Waals surface area contributed by atoms with Gasteiger partial charge >= 0.3 is 0 Å². The molecule has 0 saturated heterocycles. The number of anilines is 1. The Kier molecular flexibility index (Phi) is 3.69. The molecule has 100 valence electrons. The molecule has 1 N–H and O–H groups in total. The van der Waals surface area contributed by atoms with Crippen LogP contribution in [0, 0.1) is 6.92 Å². The van der Waals surface area contributed by atoms with E-state index in [1.807, 2.05) is 43.7 Å². The first-order valence-electron chi connectivity index (χ1n) is 6.55. The van der Waals surface area contributed by atoms with Crippen LogP contribution in [0.1, 0.15) is 25.0 Å². The van der Waals surface area contributed by atoms with Crippen molar-refractivity contribution in [3.63, 3.8) is 0 Å². The third kappa shape index (κ3) is 2.26. The van der Waals surface area contributed by atoms with Crippen molar-refractivity contribution in [3.8, 4) is 0 Å². The van der Waals surface area contributed by atoms with E-state index in [2.05, 4.69) is 5.32 Å². The third-order valence-corrected chi connectivity index (χ3v) is 3.10. The van der Waals surface area contributed by atoms with Gasteiger partial charge in [0.15, 0.2) is 0 Å². The van der Waals surface area contributed by atoms with E-state index in [0.29, 0.717) is 13.0 Å². The Bertz CT molecular complexity index is 641. The Labute approximate surface area is 112 Å². The molecule has 0 aliphatic carbocycles. The molecule has 1 aliphatic heterocycles. The second-order valence-electron chi connectivity index (χ2n) is 4.40. The molecule has 1 amide bonds. The Morgan fingerprint density at radius 1 is 1.37 bits per heavy atom. The number of hydrogen-bond acceptors (Lipinski definition) is 2. The zero-order valence-corrected chi connectivity index (χ0v) is 11.5. The van der Waals surface area contributed by atoms with Crippen molar-refractivity contribution in [1.29, 1.82) is 0 Å². The predicted molar refractivity (Wildman–Crippen MR) is 76.4 cm³/mol. The predicted octanol–water partition coefficient (Wildman–Crippen LogP) is 2.67. The van der Waals surface area contributed by atoms with Crippen LogP contribution in [0.3, 0.4) is 0 Å². The highest BCUT2D eigenvalue weighted by molar-refractivity contribution is 6.09. The summed E-state index contributed by atoms with van der Waals surface area (Å²) in [5.41, 5.74) is 3.95. The lowest BCUT2D eigenvalue weighted by Gasteiger charge is -2.14. The summed E-state index contributed by atoms with van der Waals surface area (Å²) in [6.45, 7) is 6.31. The Morgan fingerprint density at radius 3 is 2.79 bits per heavy atom. The SMILES string of the molecule is CC.Cc1cc2c3c(cn(CC=O)c3c1)CC(=O)N2. The molecule has 3 rings (SSSR count). The molecule has 2 heterocycles. The number of carbonyl (C=O) groups excluding carboxylic acids is 2. The molecule has 0 unspecified atom stereocenters. The van der Waals surface area contributed by atoms with Crippen molar-refractivity contribution in [2.24, 2.45) is 0 Å². The zero-order chi connectivity index (χ0) is 14.0. The first-order valence-corrected chi connectivity index (χ1v) is 6.55. The van der Waals surface area contributed by atoms with Crippen molar-refractivity contribution in [2.45, 2.75) is 33.7 Å². The van der Waals surface area contributed by atoms with Gasteiger partial charge in [0.2, 0.25) is 5.91 Å². The van der Waals surface area contributed by atoms with E-state index in [-0.39, 0.29) is 5.91 Å². The van der Waals surface area contributed by atoms with Gasteiger partial charge in [-0.25, -0.2) is 0 Å². The summed E-state index contributed by atoms with van der Waals surface area (Å²) >= 11 is 0. The number of amides is 1. The molecule has 0 fully saturated rings. The number of aryl methyl sites for hydroxylation is 1. The van der Waals surface area contributed by atoms with E-state index < -0.39 is 0 Å². The fourth-order valence-electron chi connectivity index (χ4n) is 2.48. The van der Waals surface area contributed by atoms with E-state index in [1.54, 1.807) is 0 Å². The molecule has 1 aromatic heterocycles. The van der Waals surface area contributed by atoms with Crippen LogP contribution in [0.15, 0.2) is 18.3 Å². The highest BCUT2D eigenvalue weighted by Gasteiger charge is 2.21. The van der Waals surface area contributed by atoms with Gasteiger partial charge in [-0.2, -0.15) is 0 Å². The molecule has 19 heavy (non-hydrogen) atoms. The quantitative estimate of drug-likeness (QED) is 0.842. The minimum Gasteiger partial charge on any atom is -0.340 e. The molecule has 0 bridgehead atoms. The Hall–Kier alpha value is -2.10. The van der Waals surface area contributed by atoms with Gasteiger partial charge in [0.25, 0.3) is 0 Å². The van der Waals surface area contributed by atoms with Crippen molar-refractivity contribution >= 4 is 28.8 Å². The number of carbonyl (C=O) groups is 2. The molecule has 1 aliphatic rings. The molecule has 2 aromatic rings. The maximum Gasteiger partial charge on any atom is 0.228 e. The second-order valence-corrected chi connectivity index (χ2v) is 4.40. The van der Waals surface area contributed by atoms with Gasteiger partial charge in [-0.1, -0.05) is 13.8 Å². The topological polar surface area (TPSA) is 51.1 Å². The minimum atomic E-state index is 0.00764. The van der Waals surface area contributed by atoms with Crippen LogP contribution in [-0.4, -0.2) is 16.8 Å². The molecule has 4 nitrogen and oxygen atoms in total. The van der Waals surface area contributed by atoms with Gasteiger partial charge in [0.05, 0.1) is 24.2 Å². The first-order chi connectivity index (χ1) is 9.19. The average Bonchev–Trinajstić information content (AvgIpc) is 2.70. The summed E-state index contributed by atoms with van der Waals surface area (Å²) < 4.78 is 1.90. The van der Waals surface area contributed by atoms with Crippen molar-refractivity contribution in [3.05, 3.63) is 29.5 Å². The molecule has 0 spiro atoms. The number of hydrogen-bond donors (Lipinski definition) is 1. The summed E-state index contributed by atoms with van der Waals surface area (Å²) in [4.78, 5) is 22.2. The molecular formula is C15H18N2O2. The van der Waals surface area contributed by atoms with E-state index in [4.69, 9.17) is 0 Å². The Morgan fingerprint density at radius 2 is 2.11 bits per heavy atom. The van der Waals surface area contributed by atoms with Crippen molar-refractivity contribution in [1.82, 2.24) is 4.57 Å². The highest BCUT2D eigenvalue weighted by atomic mass is 16.1. The van der Waals surface area contributed by atoms with Crippen LogP contribution in [-0.2, 0) is 22.6 Å². The number of benzene rings is 1. The first kappa shape index (κ1) is 13.3. The lowest BCUT2D eigenvalue weighted by atomic mass is 10.0. The lowest BCUT2D eigenvalue weighted by Crippen LogP contribution is -2.18. The number of rotatable bonds is 2. The monoisotopic (exact) mass is 258 g/mol. The number of nitrogens with zero attached hydrogens (tertiary/aromatic N) is 1. The maximum atomic E-state index is 11.6. The number of nitrogens with one attached hydrogen (secondary N) is 1.